The Bertz CT molecular complexity index is 1140. The Labute approximate surface area is 185 Å². The molecular weight excluding hydrogens is 414 g/mol. The van der Waals surface area contributed by atoms with E-state index in [2.05, 4.69) is 5.10 Å². The lowest BCUT2D eigenvalue weighted by molar-refractivity contribution is -0.133. The lowest BCUT2D eigenvalue weighted by Gasteiger charge is -2.32. The maximum absolute atomic E-state index is 13.0. The number of rotatable bonds is 5. The molecule has 0 aliphatic carbocycles. The number of carbonyl (C=O) groups excluding carboxylic acids is 2. The van der Waals surface area contributed by atoms with Gasteiger partial charge in [-0.3, -0.25) is 14.4 Å². The number of Topliss-reactive ketones (excluding diaryl/α,β-unsaturated/α-hetero) is 1. The Morgan fingerprint density at radius 2 is 1.68 bits per heavy atom. The zero-order valence-corrected chi connectivity index (χ0v) is 17.7. The average molecular weight is 436 g/mol. The highest BCUT2D eigenvalue weighted by atomic mass is 35.5. The number of nitrogens with zero attached hydrogens (tertiary/aromatic N) is 3. The second kappa shape index (κ2) is 9.27. The van der Waals surface area contributed by atoms with Crippen molar-refractivity contribution in [3.8, 4) is 11.1 Å². The molecule has 1 aliphatic heterocycles. The fourth-order valence-corrected chi connectivity index (χ4v) is 4.03. The summed E-state index contributed by atoms with van der Waals surface area (Å²) in [4.78, 5) is 39.3. The molecule has 2 aromatic carbocycles. The second-order valence-corrected chi connectivity index (χ2v) is 8.03. The normalized spacial score (nSPS) is 16.2. The molecule has 0 bridgehead atoms. The molecule has 2 heterocycles. The first-order valence-corrected chi connectivity index (χ1v) is 10.6. The Morgan fingerprint density at radius 1 is 0.968 bits per heavy atom. The van der Waals surface area contributed by atoms with E-state index in [0.29, 0.717) is 18.7 Å². The Morgan fingerprint density at radius 3 is 2.42 bits per heavy atom. The number of hydrogen-bond donors (Lipinski definition) is 0. The van der Waals surface area contributed by atoms with Gasteiger partial charge in [-0.25, -0.2) is 4.68 Å². The molecule has 7 heteroatoms. The number of halogens is 1. The molecule has 1 fully saturated rings. The highest BCUT2D eigenvalue weighted by molar-refractivity contribution is 6.29. The molecule has 1 atom stereocenters. The van der Waals surface area contributed by atoms with Gasteiger partial charge in [-0.2, -0.15) is 5.10 Å². The maximum atomic E-state index is 13.0. The van der Waals surface area contributed by atoms with E-state index in [0.717, 1.165) is 28.7 Å². The summed E-state index contributed by atoms with van der Waals surface area (Å²) in [5.74, 6) is -0.465. The van der Waals surface area contributed by atoms with Gasteiger partial charge in [-0.05, 0) is 30.0 Å². The molecule has 1 saturated heterocycles. The summed E-state index contributed by atoms with van der Waals surface area (Å²) in [6, 6.07) is 20.3. The predicted molar refractivity (Wildman–Crippen MR) is 119 cm³/mol. The quantitative estimate of drug-likeness (QED) is 0.573. The molecular formula is C24H22ClN3O3. The summed E-state index contributed by atoms with van der Waals surface area (Å²) in [7, 11) is 0. The first-order chi connectivity index (χ1) is 15.0. The van der Waals surface area contributed by atoms with Gasteiger partial charge in [0.25, 0.3) is 5.56 Å². The van der Waals surface area contributed by atoms with Crippen LogP contribution >= 0.6 is 11.6 Å². The number of piperidine rings is 1. The van der Waals surface area contributed by atoms with Gasteiger partial charge in [0.2, 0.25) is 5.91 Å². The summed E-state index contributed by atoms with van der Waals surface area (Å²) >= 11 is 5.83. The molecule has 3 aromatic rings. The first-order valence-electron chi connectivity index (χ1n) is 10.2. The third-order valence-corrected chi connectivity index (χ3v) is 5.74. The van der Waals surface area contributed by atoms with E-state index >= 15 is 0 Å². The van der Waals surface area contributed by atoms with Crippen molar-refractivity contribution >= 4 is 23.3 Å². The Hall–Kier alpha value is -3.25. The van der Waals surface area contributed by atoms with Crippen LogP contribution in [0.15, 0.2) is 71.5 Å². The van der Waals surface area contributed by atoms with Crippen molar-refractivity contribution in [1.29, 1.82) is 0 Å². The van der Waals surface area contributed by atoms with Crippen LogP contribution < -0.4 is 5.56 Å². The molecule has 4 rings (SSSR count). The van der Waals surface area contributed by atoms with Gasteiger partial charge in [0.05, 0.1) is 0 Å². The molecule has 0 N–H and O–H groups in total. The first kappa shape index (κ1) is 21.0. The standard InChI is InChI=1S/C24H22ClN3O3/c25-21-12-13-22(29)28(26-21)16-23(30)27-14-4-7-20(15-27)24(31)19-10-8-18(9-11-19)17-5-2-1-3-6-17/h1-3,5-6,8-13,20H,4,7,14-16H2/t20-/m1/s1. The van der Waals surface area contributed by atoms with Gasteiger partial charge >= 0.3 is 0 Å². The fraction of sp³-hybridized carbons (Fsp3) is 0.250. The fourth-order valence-electron chi connectivity index (χ4n) is 3.88. The maximum Gasteiger partial charge on any atom is 0.267 e. The van der Waals surface area contributed by atoms with E-state index in [1.54, 1.807) is 4.90 Å². The smallest absolute Gasteiger partial charge is 0.267 e. The molecule has 0 spiro atoms. The molecule has 0 radical (unpaired) electrons. The van der Waals surface area contributed by atoms with Crippen molar-refractivity contribution in [2.45, 2.75) is 19.4 Å². The Balaban J connectivity index is 1.43. The van der Waals surface area contributed by atoms with Crippen LogP contribution in [0.5, 0.6) is 0 Å². The number of hydrogen-bond acceptors (Lipinski definition) is 4. The van der Waals surface area contributed by atoms with Crippen molar-refractivity contribution in [1.82, 2.24) is 14.7 Å². The van der Waals surface area contributed by atoms with Crippen LogP contribution in [0.2, 0.25) is 5.15 Å². The highest BCUT2D eigenvalue weighted by Crippen LogP contribution is 2.24. The summed E-state index contributed by atoms with van der Waals surface area (Å²) in [6.07, 6.45) is 1.47. The topological polar surface area (TPSA) is 72.3 Å². The van der Waals surface area contributed by atoms with E-state index in [9.17, 15) is 14.4 Å². The lowest BCUT2D eigenvalue weighted by Crippen LogP contribution is -2.44. The zero-order chi connectivity index (χ0) is 21.8. The number of benzene rings is 2. The summed E-state index contributed by atoms with van der Waals surface area (Å²) in [6.45, 7) is 0.713. The molecule has 0 saturated carbocycles. The van der Waals surface area contributed by atoms with E-state index in [-0.39, 0.29) is 34.9 Å². The predicted octanol–water partition coefficient (Wildman–Crippen LogP) is 3.69. The largest absolute Gasteiger partial charge is 0.340 e. The van der Waals surface area contributed by atoms with Crippen LogP contribution in [0.4, 0.5) is 0 Å². The van der Waals surface area contributed by atoms with Crippen LogP contribution in [0.25, 0.3) is 11.1 Å². The number of carbonyl (C=O) groups is 2. The molecule has 0 unspecified atom stereocenters. The Kier molecular flexibility index (Phi) is 6.28. The van der Waals surface area contributed by atoms with Crippen molar-refractivity contribution < 1.29 is 9.59 Å². The molecule has 6 nitrogen and oxygen atoms in total. The van der Waals surface area contributed by atoms with Gasteiger partial charge in [0.1, 0.15) is 11.7 Å². The van der Waals surface area contributed by atoms with E-state index in [1.165, 1.54) is 12.1 Å². The van der Waals surface area contributed by atoms with Crippen molar-refractivity contribution in [2.75, 3.05) is 13.1 Å². The minimum Gasteiger partial charge on any atom is -0.340 e. The van der Waals surface area contributed by atoms with Crippen molar-refractivity contribution in [3.05, 3.63) is 87.8 Å². The molecule has 1 aliphatic rings. The summed E-state index contributed by atoms with van der Waals surface area (Å²) in [5, 5.41) is 4.05. The van der Waals surface area contributed by atoms with Crippen molar-refractivity contribution in [2.24, 2.45) is 5.92 Å². The van der Waals surface area contributed by atoms with E-state index < -0.39 is 0 Å². The molecule has 1 amide bonds. The molecule has 1 aromatic heterocycles. The van der Waals surface area contributed by atoms with Gasteiger partial charge < -0.3 is 4.90 Å². The van der Waals surface area contributed by atoms with Gasteiger partial charge in [-0.15, -0.1) is 0 Å². The molecule has 31 heavy (non-hydrogen) atoms. The van der Waals surface area contributed by atoms with Crippen LogP contribution in [0, 0.1) is 5.92 Å². The van der Waals surface area contributed by atoms with Crippen molar-refractivity contribution in [3.63, 3.8) is 0 Å². The zero-order valence-electron chi connectivity index (χ0n) is 16.9. The van der Waals surface area contributed by atoms with Crippen LogP contribution in [0.1, 0.15) is 23.2 Å². The van der Waals surface area contributed by atoms with Gasteiger partial charge in [0.15, 0.2) is 5.78 Å². The van der Waals surface area contributed by atoms with Crippen LogP contribution in [-0.2, 0) is 11.3 Å². The molecule has 158 valence electrons. The summed E-state index contributed by atoms with van der Waals surface area (Å²) in [5.41, 5.74) is 2.41. The highest BCUT2D eigenvalue weighted by Gasteiger charge is 2.29. The average Bonchev–Trinajstić information content (AvgIpc) is 2.81. The number of ketones is 1. The van der Waals surface area contributed by atoms with Crippen LogP contribution in [0.3, 0.4) is 0 Å². The lowest BCUT2D eigenvalue weighted by atomic mass is 9.89. The second-order valence-electron chi connectivity index (χ2n) is 7.64. The summed E-state index contributed by atoms with van der Waals surface area (Å²) < 4.78 is 1.05. The number of aromatic nitrogens is 2. The third kappa shape index (κ3) is 4.91. The SMILES string of the molecule is O=C(c1ccc(-c2ccccc2)cc1)[C@@H]1CCCN(C(=O)Cn2nc(Cl)ccc2=O)C1. The number of likely N-dealkylation sites (tertiary alicyclic amines) is 1. The van der Waals surface area contributed by atoms with Crippen LogP contribution in [-0.4, -0.2) is 39.5 Å². The monoisotopic (exact) mass is 435 g/mol. The minimum atomic E-state index is -0.388. The number of amides is 1. The van der Waals surface area contributed by atoms with Gasteiger partial charge in [-0.1, -0.05) is 66.2 Å². The minimum absolute atomic E-state index is 0.0372. The third-order valence-electron chi connectivity index (χ3n) is 5.54. The van der Waals surface area contributed by atoms with Gasteiger partial charge in [0, 0.05) is 30.6 Å². The van der Waals surface area contributed by atoms with E-state index in [1.807, 2.05) is 54.6 Å². The van der Waals surface area contributed by atoms with E-state index in [4.69, 9.17) is 11.6 Å².